The van der Waals surface area contributed by atoms with Gasteiger partial charge in [-0.2, -0.15) is 0 Å². The van der Waals surface area contributed by atoms with Gasteiger partial charge >= 0.3 is 0 Å². The van der Waals surface area contributed by atoms with Crippen LogP contribution in [0.2, 0.25) is 0 Å². The number of carbonyl (C=O) groups excluding carboxylic acids is 1. The quantitative estimate of drug-likeness (QED) is 0.869. The number of aromatic nitrogens is 2. The molecule has 2 aromatic rings. The Labute approximate surface area is 136 Å². The molecule has 0 aliphatic carbocycles. The van der Waals surface area contributed by atoms with E-state index in [1.807, 2.05) is 42.6 Å². The van der Waals surface area contributed by atoms with E-state index in [4.69, 9.17) is 4.42 Å². The number of hydrogen-bond acceptors (Lipinski definition) is 4. The predicted octanol–water partition coefficient (Wildman–Crippen LogP) is 2.01. The van der Waals surface area contributed by atoms with Crippen molar-refractivity contribution in [3.8, 4) is 0 Å². The Bertz CT molecular complexity index is 703. The van der Waals surface area contributed by atoms with Crippen molar-refractivity contribution in [1.82, 2.24) is 19.4 Å². The molecule has 6 heteroatoms. The number of amides is 1. The summed E-state index contributed by atoms with van der Waals surface area (Å²) in [5.74, 6) is 2.30. The van der Waals surface area contributed by atoms with Gasteiger partial charge in [0.2, 0.25) is 0 Å². The average molecular weight is 316 g/mol. The van der Waals surface area contributed by atoms with E-state index in [0.29, 0.717) is 18.8 Å². The second kappa shape index (κ2) is 6.20. The molecule has 1 saturated heterocycles. The first-order chi connectivity index (χ1) is 11.0. The summed E-state index contributed by atoms with van der Waals surface area (Å²) in [6, 6.07) is 2.06. The molecule has 124 valence electrons. The monoisotopic (exact) mass is 316 g/mol. The van der Waals surface area contributed by atoms with Crippen molar-refractivity contribution in [2.75, 3.05) is 26.7 Å². The summed E-state index contributed by atoms with van der Waals surface area (Å²) < 4.78 is 7.75. The van der Waals surface area contributed by atoms with Crippen LogP contribution in [-0.2, 0) is 13.5 Å². The van der Waals surface area contributed by atoms with E-state index < -0.39 is 0 Å². The number of piperazine rings is 1. The van der Waals surface area contributed by atoms with E-state index in [-0.39, 0.29) is 11.9 Å². The molecule has 0 N–H and O–H groups in total. The lowest BCUT2D eigenvalue weighted by Crippen LogP contribution is -2.49. The first kappa shape index (κ1) is 15.8. The fourth-order valence-electron chi connectivity index (χ4n) is 3.11. The Morgan fingerprint density at radius 1 is 1.39 bits per heavy atom. The molecule has 3 heterocycles. The van der Waals surface area contributed by atoms with Gasteiger partial charge in [-0.1, -0.05) is 6.92 Å². The van der Waals surface area contributed by atoms with Gasteiger partial charge in [-0.3, -0.25) is 9.69 Å². The lowest BCUT2D eigenvalue weighted by molar-refractivity contribution is 0.0498. The summed E-state index contributed by atoms with van der Waals surface area (Å²) >= 11 is 0. The standard InChI is InChI=1S/C17H24N4O2/c1-5-13-10-12(2)15(23-13)17(22)21-9-8-19(3)14(11-21)16-18-6-7-20(16)4/h6-7,10,14H,5,8-9,11H2,1-4H3/t14-/m1/s1. The molecule has 1 aliphatic heterocycles. The van der Waals surface area contributed by atoms with Crippen LogP contribution in [0.1, 0.15) is 40.7 Å². The van der Waals surface area contributed by atoms with Crippen molar-refractivity contribution < 1.29 is 9.21 Å². The second-order valence-electron chi connectivity index (χ2n) is 6.22. The predicted molar refractivity (Wildman–Crippen MR) is 87.3 cm³/mol. The number of aryl methyl sites for hydroxylation is 3. The normalized spacial score (nSPS) is 19.3. The van der Waals surface area contributed by atoms with Gasteiger partial charge in [0.25, 0.3) is 5.91 Å². The third-order valence-electron chi connectivity index (χ3n) is 4.60. The van der Waals surface area contributed by atoms with Crippen LogP contribution in [0.15, 0.2) is 22.9 Å². The summed E-state index contributed by atoms with van der Waals surface area (Å²) in [4.78, 5) is 21.4. The summed E-state index contributed by atoms with van der Waals surface area (Å²) in [5.41, 5.74) is 0.916. The van der Waals surface area contributed by atoms with Gasteiger partial charge in [0, 0.05) is 51.1 Å². The Hall–Kier alpha value is -2.08. The van der Waals surface area contributed by atoms with Crippen molar-refractivity contribution in [3.05, 3.63) is 41.4 Å². The maximum atomic E-state index is 12.8. The van der Waals surface area contributed by atoms with Crippen molar-refractivity contribution in [3.63, 3.8) is 0 Å². The number of imidazole rings is 1. The SMILES string of the molecule is CCc1cc(C)c(C(=O)N2CCN(C)[C@@H](c3nccn3C)C2)o1. The molecule has 0 unspecified atom stereocenters. The maximum Gasteiger partial charge on any atom is 0.289 e. The largest absolute Gasteiger partial charge is 0.456 e. The lowest BCUT2D eigenvalue weighted by atomic mass is 10.1. The Balaban J connectivity index is 1.82. The van der Waals surface area contributed by atoms with E-state index in [1.54, 1.807) is 6.20 Å². The van der Waals surface area contributed by atoms with Crippen LogP contribution in [0, 0.1) is 6.92 Å². The third kappa shape index (κ3) is 2.91. The van der Waals surface area contributed by atoms with Crippen molar-refractivity contribution in [2.45, 2.75) is 26.3 Å². The molecule has 1 fully saturated rings. The molecule has 0 saturated carbocycles. The molecule has 1 amide bonds. The van der Waals surface area contributed by atoms with Crippen LogP contribution in [-0.4, -0.2) is 51.9 Å². The van der Waals surface area contributed by atoms with Crippen LogP contribution in [0.25, 0.3) is 0 Å². The van der Waals surface area contributed by atoms with Crippen molar-refractivity contribution in [1.29, 1.82) is 0 Å². The van der Waals surface area contributed by atoms with Crippen molar-refractivity contribution in [2.24, 2.45) is 7.05 Å². The van der Waals surface area contributed by atoms with Gasteiger partial charge in [-0.25, -0.2) is 4.98 Å². The van der Waals surface area contributed by atoms with Crippen LogP contribution in [0.3, 0.4) is 0 Å². The fraction of sp³-hybridized carbons (Fsp3) is 0.529. The fourth-order valence-corrected chi connectivity index (χ4v) is 3.11. The lowest BCUT2D eigenvalue weighted by Gasteiger charge is -2.38. The molecule has 1 atom stereocenters. The molecule has 1 aliphatic rings. The summed E-state index contributed by atoms with van der Waals surface area (Å²) in [6.45, 7) is 6.12. The smallest absolute Gasteiger partial charge is 0.289 e. The van der Waals surface area contributed by atoms with Gasteiger partial charge in [0.05, 0.1) is 6.04 Å². The molecular weight excluding hydrogens is 292 g/mol. The van der Waals surface area contributed by atoms with Crippen molar-refractivity contribution >= 4 is 5.91 Å². The highest BCUT2D eigenvalue weighted by Crippen LogP contribution is 2.25. The molecule has 0 spiro atoms. The summed E-state index contributed by atoms with van der Waals surface area (Å²) in [7, 11) is 4.07. The Morgan fingerprint density at radius 3 is 2.78 bits per heavy atom. The van der Waals surface area contributed by atoms with E-state index in [2.05, 4.69) is 16.9 Å². The van der Waals surface area contributed by atoms with E-state index >= 15 is 0 Å². The number of furan rings is 1. The molecule has 0 radical (unpaired) electrons. The minimum absolute atomic E-state index is 0.0190. The molecule has 3 rings (SSSR count). The number of likely N-dealkylation sites (N-methyl/N-ethyl adjacent to an activating group) is 1. The first-order valence-corrected chi connectivity index (χ1v) is 8.07. The van der Waals surface area contributed by atoms with Gasteiger partial charge in [-0.05, 0) is 20.0 Å². The zero-order valence-corrected chi connectivity index (χ0v) is 14.2. The highest BCUT2D eigenvalue weighted by atomic mass is 16.4. The highest BCUT2D eigenvalue weighted by molar-refractivity contribution is 5.93. The topological polar surface area (TPSA) is 54.5 Å². The highest BCUT2D eigenvalue weighted by Gasteiger charge is 2.32. The average Bonchev–Trinajstić information content (AvgIpc) is 3.13. The van der Waals surface area contributed by atoms with E-state index in [0.717, 1.165) is 30.1 Å². The van der Waals surface area contributed by atoms with Crippen LogP contribution in [0.4, 0.5) is 0 Å². The van der Waals surface area contributed by atoms with E-state index in [1.165, 1.54) is 0 Å². The molecule has 23 heavy (non-hydrogen) atoms. The van der Waals surface area contributed by atoms with Crippen LogP contribution in [0.5, 0.6) is 0 Å². The maximum absolute atomic E-state index is 12.8. The summed E-state index contributed by atoms with van der Waals surface area (Å²) in [5, 5.41) is 0. The van der Waals surface area contributed by atoms with Gasteiger partial charge < -0.3 is 13.9 Å². The Morgan fingerprint density at radius 2 is 2.17 bits per heavy atom. The zero-order chi connectivity index (χ0) is 16.6. The molecule has 0 aromatic carbocycles. The first-order valence-electron chi connectivity index (χ1n) is 8.07. The number of rotatable bonds is 3. The van der Waals surface area contributed by atoms with E-state index in [9.17, 15) is 4.79 Å². The minimum atomic E-state index is -0.0190. The Kier molecular flexibility index (Phi) is 4.26. The molecule has 2 aromatic heterocycles. The molecule has 0 bridgehead atoms. The van der Waals surface area contributed by atoms with Crippen LogP contribution < -0.4 is 0 Å². The van der Waals surface area contributed by atoms with Gasteiger partial charge in [0.15, 0.2) is 5.76 Å². The van der Waals surface area contributed by atoms with Gasteiger partial charge in [-0.15, -0.1) is 0 Å². The minimum Gasteiger partial charge on any atom is -0.456 e. The molecule has 6 nitrogen and oxygen atoms in total. The molecular formula is C17H24N4O2. The summed E-state index contributed by atoms with van der Waals surface area (Å²) in [6.07, 6.45) is 4.54. The number of carbonyl (C=O) groups is 1. The number of nitrogens with zero attached hydrogens (tertiary/aromatic N) is 4. The van der Waals surface area contributed by atoms with Gasteiger partial charge in [0.1, 0.15) is 11.6 Å². The number of hydrogen-bond donors (Lipinski definition) is 0. The second-order valence-corrected chi connectivity index (χ2v) is 6.22. The van der Waals surface area contributed by atoms with Crippen LogP contribution >= 0.6 is 0 Å². The third-order valence-corrected chi connectivity index (χ3v) is 4.60. The zero-order valence-electron chi connectivity index (χ0n) is 14.2.